The fourth-order valence-electron chi connectivity index (χ4n) is 2.57. The van der Waals surface area contributed by atoms with Gasteiger partial charge in [0, 0.05) is 15.1 Å². The van der Waals surface area contributed by atoms with Gasteiger partial charge in [-0.25, -0.2) is 0 Å². The maximum atomic E-state index is 6.49. The molecular weight excluding hydrogens is 323 g/mol. The van der Waals surface area contributed by atoms with Crippen LogP contribution in [0, 0.1) is 34.6 Å². The molecule has 0 heterocycles. The van der Waals surface area contributed by atoms with Gasteiger partial charge in [-0.15, -0.1) is 0 Å². The number of aryl methyl sites for hydroxylation is 2. The highest BCUT2D eigenvalue weighted by Crippen LogP contribution is 2.34. The highest BCUT2D eigenvalue weighted by molar-refractivity contribution is 6.35. The summed E-state index contributed by atoms with van der Waals surface area (Å²) in [4.78, 5) is 0. The predicted molar refractivity (Wildman–Crippen MR) is 94.4 cm³/mol. The Balaban J connectivity index is 2.59. The van der Waals surface area contributed by atoms with Crippen molar-refractivity contribution in [2.75, 3.05) is 0 Å². The molecule has 0 saturated heterocycles. The molecule has 0 nitrogen and oxygen atoms in total. The van der Waals surface area contributed by atoms with E-state index in [9.17, 15) is 0 Å². The van der Waals surface area contributed by atoms with Crippen molar-refractivity contribution >= 4 is 34.8 Å². The molecule has 0 atom stereocenters. The molecule has 0 fully saturated rings. The van der Waals surface area contributed by atoms with Crippen molar-refractivity contribution in [3.63, 3.8) is 0 Å². The lowest BCUT2D eigenvalue weighted by Gasteiger charge is -2.17. The maximum Gasteiger partial charge on any atom is 0.0474 e. The first-order chi connectivity index (χ1) is 9.73. The van der Waals surface area contributed by atoms with Crippen LogP contribution in [-0.4, -0.2) is 0 Å². The van der Waals surface area contributed by atoms with Crippen LogP contribution >= 0.6 is 34.8 Å². The molecule has 0 N–H and O–H groups in total. The summed E-state index contributed by atoms with van der Waals surface area (Å²) in [6.45, 7) is 10.2. The predicted octanol–water partition coefficient (Wildman–Crippen LogP) is 6.78. The molecule has 0 radical (unpaired) electrons. The van der Waals surface area contributed by atoms with Crippen LogP contribution in [0.25, 0.3) is 0 Å². The van der Waals surface area contributed by atoms with Crippen molar-refractivity contribution in [1.82, 2.24) is 0 Å². The average molecular weight is 342 g/mol. The van der Waals surface area contributed by atoms with Crippen molar-refractivity contribution in [2.45, 2.75) is 41.0 Å². The minimum Gasteiger partial charge on any atom is -0.0840 e. The normalized spacial score (nSPS) is 11.0. The molecule has 0 saturated carbocycles. The van der Waals surface area contributed by atoms with Gasteiger partial charge in [0.25, 0.3) is 0 Å². The van der Waals surface area contributed by atoms with Gasteiger partial charge < -0.3 is 0 Å². The van der Waals surface area contributed by atoms with E-state index >= 15 is 0 Å². The first-order valence-electron chi connectivity index (χ1n) is 6.93. The number of rotatable bonds is 2. The fraction of sp³-hybridized carbons (Fsp3) is 0.333. The Labute approximate surface area is 142 Å². The van der Waals surface area contributed by atoms with Gasteiger partial charge in [-0.3, -0.25) is 0 Å². The molecule has 0 spiro atoms. The molecule has 21 heavy (non-hydrogen) atoms. The summed E-state index contributed by atoms with van der Waals surface area (Å²) in [6.07, 6.45) is 0.749. The third-order valence-corrected chi connectivity index (χ3v) is 5.74. The summed E-state index contributed by atoms with van der Waals surface area (Å²) in [5.74, 6) is 0. The van der Waals surface area contributed by atoms with Crippen molar-refractivity contribution in [2.24, 2.45) is 0 Å². The van der Waals surface area contributed by atoms with Gasteiger partial charge in [0.05, 0.1) is 0 Å². The number of benzene rings is 2. The Bertz CT molecular complexity index is 689. The Kier molecular flexibility index (Phi) is 4.92. The topological polar surface area (TPSA) is 0 Å². The van der Waals surface area contributed by atoms with Crippen LogP contribution in [0.4, 0.5) is 0 Å². The van der Waals surface area contributed by atoms with Gasteiger partial charge in [0.2, 0.25) is 0 Å². The molecule has 0 bridgehead atoms. The Morgan fingerprint density at radius 1 is 0.714 bits per heavy atom. The average Bonchev–Trinajstić information content (AvgIpc) is 2.44. The molecule has 0 aliphatic heterocycles. The van der Waals surface area contributed by atoms with Gasteiger partial charge >= 0.3 is 0 Å². The van der Waals surface area contributed by atoms with Crippen LogP contribution in [-0.2, 0) is 6.42 Å². The molecular formula is C18H19Cl3. The van der Waals surface area contributed by atoms with E-state index in [-0.39, 0.29) is 0 Å². The van der Waals surface area contributed by atoms with Gasteiger partial charge in [-0.1, -0.05) is 40.9 Å². The molecule has 0 aliphatic carbocycles. The fourth-order valence-corrected chi connectivity index (χ4v) is 3.38. The number of hydrogen-bond donors (Lipinski definition) is 0. The zero-order chi connectivity index (χ0) is 15.9. The van der Waals surface area contributed by atoms with E-state index in [1.165, 1.54) is 11.1 Å². The van der Waals surface area contributed by atoms with E-state index in [4.69, 9.17) is 34.8 Å². The molecule has 0 aromatic heterocycles. The highest BCUT2D eigenvalue weighted by Gasteiger charge is 2.15. The standard InChI is InChI=1S/C18H19Cl3/c1-9-6-14(12(4)18(21)11(9)3)8-15-13(5)16(19)7-10(2)17(15)20/h6-7H,8H2,1-5H3. The minimum absolute atomic E-state index is 0.749. The molecule has 2 aromatic carbocycles. The minimum atomic E-state index is 0.749. The molecule has 0 aliphatic rings. The third kappa shape index (κ3) is 3.08. The van der Waals surface area contributed by atoms with Gasteiger partial charge in [-0.2, -0.15) is 0 Å². The second-order valence-corrected chi connectivity index (χ2v) is 6.85. The van der Waals surface area contributed by atoms with Gasteiger partial charge in [0.15, 0.2) is 0 Å². The Hall–Kier alpha value is -0.690. The monoisotopic (exact) mass is 340 g/mol. The lowest BCUT2D eigenvalue weighted by molar-refractivity contribution is 1.10. The first-order valence-corrected chi connectivity index (χ1v) is 8.06. The van der Waals surface area contributed by atoms with E-state index in [2.05, 4.69) is 26.8 Å². The summed E-state index contributed by atoms with van der Waals surface area (Å²) in [6, 6.07) is 4.12. The molecule has 112 valence electrons. The lowest BCUT2D eigenvalue weighted by atomic mass is 9.93. The van der Waals surface area contributed by atoms with Crippen LogP contribution in [0.3, 0.4) is 0 Å². The number of halogens is 3. The molecule has 0 unspecified atom stereocenters. The quantitative estimate of drug-likeness (QED) is 0.564. The molecule has 0 amide bonds. The van der Waals surface area contributed by atoms with Crippen LogP contribution in [0.5, 0.6) is 0 Å². The second-order valence-electron chi connectivity index (χ2n) is 5.69. The second kappa shape index (κ2) is 6.20. The third-order valence-electron chi connectivity index (χ3n) is 4.25. The van der Waals surface area contributed by atoms with Crippen molar-refractivity contribution in [3.05, 3.63) is 66.1 Å². The van der Waals surface area contributed by atoms with Crippen LogP contribution in [0.1, 0.15) is 38.9 Å². The lowest BCUT2D eigenvalue weighted by Crippen LogP contribution is -2.00. The molecule has 2 aromatic rings. The maximum absolute atomic E-state index is 6.49. The Morgan fingerprint density at radius 2 is 1.33 bits per heavy atom. The van der Waals surface area contributed by atoms with Crippen molar-refractivity contribution in [1.29, 1.82) is 0 Å². The van der Waals surface area contributed by atoms with E-state index in [1.54, 1.807) is 0 Å². The SMILES string of the molecule is Cc1cc(Cc2c(C)c(Cl)cc(C)c2Cl)c(C)c(Cl)c1C. The summed E-state index contributed by atoms with van der Waals surface area (Å²) >= 11 is 19.2. The summed E-state index contributed by atoms with van der Waals surface area (Å²) in [5, 5.41) is 2.41. The summed E-state index contributed by atoms with van der Waals surface area (Å²) in [5.41, 5.74) is 7.80. The van der Waals surface area contributed by atoms with Crippen LogP contribution in [0.15, 0.2) is 12.1 Å². The van der Waals surface area contributed by atoms with Gasteiger partial charge in [-0.05, 0) is 86.1 Å². The van der Waals surface area contributed by atoms with E-state index in [1.807, 2.05) is 19.9 Å². The van der Waals surface area contributed by atoms with Crippen LogP contribution in [0.2, 0.25) is 15.1 Å². The van der Waals surface area contributed by atoms with Crippen LogP contribution < -0.4 is 0 Å². The van der Waals surface area contributed by atoms with Crippen molar-refractivity contribution in [3.8, 4) is 0 Å². The van der Waals surface area contributed by atoms with E-state index in [0.29, 0.717) is 0 Å². The van der Waals surface area contributed by atoms with Crippen molar-refractivity contribution < 1.29 is 0 Å². The Morgan fingerprint density at radius 3 is 1.95 bits per heavy atom. The smallest absolute Gasteiger partial charge is 0.0474 e. The van der Waals surface area contributed by atoms with E-state index in [0.717, 1.165) is 49.3 Å². The van der Waals surface area contributed by atoms with Gasteiger partial charge in [0.1, 0.15) is 0 Å². The largest absolute Gasteiger partial charge is 0.0840 e. The summed E-state index contributed by atoms with van der Waals surface area (Å²) in [7, 11) is 0. The zero-order valence-electron chi connectivity index (χ0n) is 13.0. The molecule has 3 heteroatoms. The number of hydrogen-bond acceptors (Lipinski definition) is 0. The first kappa shape index (κ1) is 16.7. The highest BCUT2D eigenvalue weighted by atomic mass is 35.5. The molecule has 2 rings (SSSR count). The zero-order valence-corrected chi connectivity index (χ0v) is 15.3. The summed E-state index contributed by atoms with van der Waals surface area (Å²) < 4.78 is 0. The van der Waals surface area contributed by atoms with E-state index < -0.39 is 0 Å².